The number of carboxylic acid groups (broad SMARTS) is 1. The third kappa shape index (κ3) is 3.59. The second-order valence-electron chi connectivity index (χ2n) is 5.79. The average Bonchev–Trinajstić information content (AvgIpc) is 3.17. The fraction of sp³-hybridized carbons (Fsp3) is 0.846. The molecule has 2 N–H and O–H groups in total. The van der Waals surface area contributed by atoms with E-state index < -0.39 is 23.7 Å². The molecule has 1 aliphatic carbocycles. The van der Waals surface area contributed by atoms with E-state index in [4.69, 9.17) is 5.11 Å². The number of likely N-dealkylation sites (tertiary alicyclic amines) is 1. The number of rotatable bonds is 4. The van der Waals surface area contributed by atoms with Crippen LogP contribution in [-0.2, 0) is 4.79 Å². The standard InChI is InChI=1S/C13H19F3N2O3/c14-13(15,16)12(6-7-12)17-11(21)18-8-2-1-3-9(18)4-5-10(19)20/h9H,1-8H2,(H,17,21)(H,19,20). The molecule has 0 spiro atoms. The van der Waals surface area contributed by atoms with E-state index in [1.54, 1.807) is 0 Å². The van der Waals surface area contributed by atoms with Gasteiger partial charge in [-0.05, 0) is 38.5 Å². The number of aliphatic carboxylic acids is 1. The Morgan fingerprint density at radius 1 is 1.29 bits per heavy atom. The zero-order chi connectivity index (χ0) is 15.7. The maximum atomic E-state index is 12.9. The molecule has 5 nitrogen and oxygen atoms in total. The highest BCUT2D eigenvalue weighted by Crippen LogP contribution is 2.49. The van der Waals surface area contributed by atoms with Gasteiger partial charge in [0.1, 0.15) is 5.54 Å². The Balaban J connectivity index is 1.97. The van der Waals surface area contributed by atoms with Gasteiger partial charge in [0.15, 0.2) is 0 Å². The van der Waals surface area contributed by atoms with Crippen LogP contribution in [-0.4, -0.2) is 46.3 Å². The van der Waals surface area contributed by atoms with Gasteiger partial charge >= 0.3 is 18.2 Å². The Morgan fingerprint density at radius 3 is 2.48 bits per heavy atom. The minimum atomic E-state index is -4.44. The summed E-state index contributed by atoms with van der Waals surface area (Å²) in [7, 11) is 0. The second-order valence-corrected chi connectivity index (χ2v) is 5.79. The van der Waals surface area contributed by atoms with Crippen molar-refractivity contribution < 1.29 is 27.9 Å². The number of carbonyl (C=O) groups excluding carboxylic acids is 1. The van der Waals surface area contributed by atoms with Gasteiger partial charge in [0.2, 0.25) is 0 Å². The lowest BCUT2D eigenvalue weighted by Crippen LogP contribution is -2.56. The molecule has 8 heteroatoms. The number of urea groups is 1. The van der Waals surface area contributed by atoms with Crippen LogP contribution in [0.2, 0.25) is 0 Å². The smallest absolute Gasteiger partial charge is 0.411 e. The van der Waals surface area contributed by atoms with Crippen LogP contribution in [0.4, 0.5) is 18.0 Å². The van der Waals surface area contributed by atoms with E-state index in [9.17, 15) is 22.8 Å². The number of carbonyl (C=O) groups is 2. The summed E-state index contributed by atoms with van der Waals surface area (Å²) in [6.45, 7) is 0.379. The minimum Gasteiger partial charge on any atom is -0.481 e. The summed E-state index contributed by atoms with van der Waals surface area (Å²) in [6.07, 6.45) is -2.18. The quantitative estimate of drug-likeness (QED) is 0.838. The summed E-state index contributed by atoms with van der Waals surface area (Å²) in [6, 6.07) is -1.02. The molecule has 1 saturated heterocycles. The molecule has 2 amide bonds. The fourth-order valence-electron chi connectivity index (χ4n) is 2.74. The third-order valence-corrected chi connectivity index (χ3v) is 4.22. The van der Waals surface area contributed by atoms with Gasteiger partial charge in [0.05, 0.1) is 0 Å². The summed E-state index contributed by atoms with van der Waals surface area (Å²) in [5.74, 6) is -0.963. The van der Waals surface area contributed by atoms with Crippen LogP contribution in [0, 0.1) is 0 Å². The molecule has 2 fully saturated rings. The van der Waals surface area contributed by atoms with E-state index in [1.165, 1.54) is 4.90 Å². The van der Waals surface area contributed by atoms with Crippen molar-refractivity contribution in [1.82, 2.24) is 10.2 Å². The molecule has 2 aliphatic rings. The molecule has 21 heavy (non-hydrogen) atoms. The first-order chi connectivity index (χ1) is 9.75. The Labute approximate surface area is 120 Å². The number of halogens is 3. The number of nitrogens with one attached hydrogen (secondary N) is 1. The number of hydrogen-bond donors (Lipinski definition) is 2. The van der Waals surface area contributed by atoms with Gasteiger partial charge in [-0.25, -0.2) is 4.79 Å². The molecular formula is C13H19F3N2O3. The Morgan fingerprint density at radius 2 is 1.95 bits per heavy atom. The number of carboxylic acids is 1. The first kappa shape index (κ1) is 15.9. The highest BCUT2D eigenvalue weighted by Gasteiger charge is 2.64. The van der Waals surface area contributed by atoms with E-state index in [0.717, 1.165) is 12.8 Å². The zero-order valence-electron chi connectivity index (χ0n) is 11.6. The van der Waals surface area contributed by atoms with Crippen molar-refractivity contribution in [2.45, 2.75) is 62.7 Å². The lowest BCUT2D eigenvalue weighted by Gasteiger charge is -2.37. The minimum absolute atomic E-state index is 0.0845. The summed E-state index contributed by atoms with van der Waals surface area (Å²) in [4.78, 5) is 24.1. The van der Waals surface area contributed by atoms with Crippen LogP contribution in [0.15, 0.2) is 0 Å². The van der Waals surface area contributed by atoms with E-state index in [2.05, 4.69) is 5.32 Å². The lowest BCUT2D eigenvalue weighted by atomic mass is 9.98. The molecule has 1 heterocycles. The van der Waals surface area contributed by atoms with Gasteiger partial charge in [-0.2, -0.15) is 13.2 Å². The molecule has 0 radical (unpaired) electrons. The highest BCUT2D eigenvalue weighted by atomic mass is 19.4. The lowest BCUT2D eigenvalue weighted by molar-refractivity contribution is -0.163. The molecule has 1 aliphatic heterocycles. The first-order valence-electron chi connectivity index (χ1n) is 7.12. The number of alkyl halides is 3. The molecule has 0 aromatic heterocycles. The van der Waals surface area contributed by atoms with Crippen molar-refractivity contribution in [2.75, 3.05) is 6.54 Å². The summed E-state index contributed by atoms with van der Waals surface area (Å²) < 4.78 is 38.6. The van der Waals surface area contributed by atoms with Gasteiger partial charge in [-0.15, -0.1) is 0 Å². The average molecular weight is 308 g/mol. The number of piperidine rings is 1. The van der Waals surface area contributed by atoms with Crippen LogP contribution in [0.3, 0.4) is 0 Å². The van der Waals surface area contributed by atoms with Crippen LogP contribution in [0.5, 0.6) is 0 Å². The van der Waals surface area contributed by atoms with Crippen molar-refractivity contribution in [1.29, 1.82) is 0 Å². The molecular weight excluding hydrogens is 289 g/mol. The van der Waals surface area contributed by atoms with Crippen molar-refractivity contribution in [3.05, 3.63) is 0 Å². The van der Waals surface area contributed by atoms with Crippen LogP contribution >= 0.6 is 0 Å². The van der Waals surface area contributed by atoms with Gasteiger partial charge in [0.25, 0.3) is 0 Å². The number of amides is 2. The summed E-state index contributed by atoms with van der Waals surface area (Å²) in [5.41, 5.74) is -2.07. The number of hydrogen-bond acceptors (Lipinski definition) is 2. The van der Waals surface area contributed by atoms with Crippen molar-refractivity contribution in [2.24, 2.45) is 0 Å². The molecule has 1 saturated carbocycles. The summed E-state index contributed by atoms with van der Waals surface area (Å²) >= 11 is 0. The van der Waals surface area contributed by atoms with Crippen molar-refractivity contribution in [3.63, 3.8) is 0 Å². The van der Waals surface area contributed by atoms with Gasteiger partial charge < -0.3 is 15.3 Å². The van der Waals surface area contributed by atoms with Crippen molar-refractivity contribution >= 4 is 12.0 Å². The van der Waals surface area contributed by atoms with Crippen LogP contribution < -0.4 is 5.32 Å². The second kappa shape index (κ2) is 5.73. The first-order valence-corrected chi connectivity index (χ1v) is 7.12. The van der Waals surface area contributed by atoms with Crippen LogP contribution in [0.25, 0.3) is 0 Å². The van der Waals surface area contributed by atoms with Gasteiger partial charge in [-0.1, -0.05) is 0 Å². The molecule has 1 atom stereocenters. The normalized spacial score (nSPS) is 24.5. The van der Waals surface area contributed by atoms with Crippen LogP contribution in [0.1, 0.15) is 44.9 Å². The largest absolute Gasteiger partial charge is 0.481 e. The fourth-order valence-corrected chi connectivity index (χ4v) is 2.74. The zero-order valence-corrected chi connectivity index (χ0v) is 11.6. The molecule has 120 valence electrons. The molecule has 0 aromatic carbocycles. The molecule has 0 aromatic rings. The van der Waals surface area contributed by atoms with E-state index in [1.807, 2.05) is 0 Å². The molecule has 0 bridgehead atoms. The summed E-state index contributed by atoms with van der Waals surface area (Å²) in [5, 5.41) is 10.8. The maximum absolute atomic E-state index is 12.9. The maximum Gasteiger partial charge on any atom is 0.411 e. The van der Waals surface area contributed by atoms with E-state index in [-0.39, 0.29) is 31.7 Å². The van der Waals surface area contributed by atoms with Gasteiger partial charge in [-0.3, -0.25) is 4.79 Å². The predicted molar refractivity (Wildman–Crippen MR) is 67.8 cm³/mol. The monoisotopic (exact) mass is 308 g/mol. The van der Waals surface area contributed by atoms with E-state index in [0.29, 0.717) is 13.0 Å². The molecule has 2 rings (SSSR count). The Bertz CT molecular complexity index is 421. The topological polar surface area (TPSA) is 69.6 Å². The number of nitrogens with zero attached hydrogens (tertiary/aromatic N) is 1. The Kier molecular flexibility index (Phi) is 4.34. The Hall–Kier alpha value is -1.47. The van der Waals surface area contributed by atoms with E-state index >= 15 is 0 Å². The van der Waals surface area contributed by atoms with Gasteiger partial charge in [0, 0.05) is 19.0 Å². The predicted octanol–water partition coefficient (Wildman–Crippen LogP) is 2.51. The molecule has 1 unspecified atom stereocenters. The highest BCUT2D eigenvalue weighted by molar-refractivity contribution is 5.76. The van der Waals surface area contributed by atoms with Crippen molar-refractivity contribution in [3.8, 4) is 0 Å². The SMILES string of the molecule is O=C(O)CCC1CCCCN1C(=O)NC1(C(F)(F)F)CC1. The third-order valence-electron chi connectivity index (χ3n) is 4.22.